The number of nitrogens with zero attached hydrogens (tertiary/aromatic N) is 1. The number of hydrogen-bond acceptors (Lipinski definition) is 2. The highest BCUT2D eigenvalue weighted by Crippen LogP contribution is 1.87. The molecule has 0 aliphatic carbocycles. The van der Waals surface area contributed by atoms with E-state index in [1.54, 1.807) is 0 Å². The number of nitrogens with one attached hydrogen (secondary N) is 1. The molecular weight excluding hydrogens is 100 g/mol. The first-order valence-corrected chi connectivity index (χ1v) is 3.10. The van der Waals surface area contributed by atoms with Gasteiger partial charge in [0.15, 0.2) is 0 Å². The van der Waals surface area contributed by atoms with Crippen LogP contribution >= 0.6 is 0 Å². The highest BCUT2D eigenvalue weighted by atomic mass is 14.9. The Morgan fingerprint density at radius 3 is 3.25 bits per heavy atom. The minimum absolute atomic E-state index is 0.964. The van der Waals surface area contributed by atoms with E-state index in [2.05, 4.69) is 17.2 Å². The molecule has 0 amide bonds. The first-order chi connectivity index (χ1) is 3.89. The van der Waals surface area contributed by atoms with Crippen LogP contribution in [0.15, 0.2) is 4.99 Å². The Labute approximate surface area is 50.0 Å². The van der Waals surface area contributed by atoms with Gasteiger partial charge in [0.1, 0.15) is 0 Å². The molecular formula is C6H12N2. The van der Waals surface area contributed by atoms with Crippen LogP contribution in [0.5, 0.6) is 0 Å². The zero-order valence-corrected chi connectivity index (χ0v) is 5.28. The molecule has 0 saturated heterocycles. The fourth-order valence-corrected chi connectivity index (χ4v) is 0.799. The second-order valence-corrected chi connectivity index (χ2v) is 2.12. The molecule has 1 N–H and O–H groups in total. The Kier molecular flexibility index (Phi) is 2.03. The largest absolute Gasteiger partial charge is 0.315 e. The molecule has 0 aromatic rings. The normalized spacial score (nSPS) is 21.9. The van der Waals surface area contributed by atoms with Crippen LogP contribution in [0.4, 0.5) is 0 Å². The van der Waals surface area contributed by atoms with E-state index in [9.17, 15) is 0 Å². The third-order valence-corrected chi connectivity index (χ3v) is 1.33. The van der Waals surface area contributed by atoms with Crippen LogP contribution in [0.25, 0.3) is 0 Å². The summed E-state index contributed by atoms with van der Waals surface area (Å²) >= 11 is 0. The fourth-order valence-electron chi connectivity index (χ4n) is 0.799. The van der Waals surface area contributed by atoms with Gasteiger partial charge in [0, 0.05) is 18.8 Å². The van der Waals surface area contributed by atoms with Crippen LogP contribution in [0.3, 0.4) is 0 Å². The van der Waals surface area contributed by atoms with Gasteiger partial charge in [-0.1, -0.05) is 0 Å². The van der Waals surface area contributed by atoms with E-state index in [1.165, 1.54) is 5.71 Å². The average Bonchev–Trinajstić information content (AvgIpc) is 1.94. The first-order valence-electron chi connectivity index (χ1n) is 3.10. The van der Waals surface area contributed by atoms with Crippen molar-refractivity contribution in [2.24, 2.45) is 4.99 Å². The Morgan fingerprint density at radius 1 is 1.50 bits per heavy atom. The summed E-state index contributed by atoms with van der Waals surface area (Å²) in [4.78, 5) is 4.28. The van der Waals surface area contributed by atoms with Crippen molar-refractivity contribution in [1.29, 1.82) is 0 Å². The van der Waals surface area contributed by atoms with Crippen LogP contribution < -0.4 is 5.32 Å². The van der Waals surface area contributed by atoms with E-state index in [-0.39, 0.29) is 0 Å². The number of aliphatic imine (C=N–C) groups is 1. The number of hydrogen-bond donors (Lipinski definition) is 1. The summed E-state index contributed by atoms with van der Waals surface area (Å²) in [7, 11) is 0. The second kappa shape index (κ2) is 2.82. The lowest BCUT2D eigenvalue weighted by molar-refractivity contribution is 0.728. The molecule has 0 saturated carbocycles. The lowest BCUT2D eigenvalue weighted by Crippen LogP contribution is -2.16. The predicted octanol–water partition coefficient (Wildman–Crippen LogP) is 0.441. The smallest absolute Gasteiger partial charge is 0.0513 e. The topological polar surface area (TPSA) is 24.4 Å². The molecule has 0 aromatic heterocycles. The van der Waals surface area contributed by atoms with Gasteiger partial charge in [-0.05, 0) is 13.3 Å². The molecule has 2 nitrogen and oxygen atoms in total. The van der Waals surface area contributed by atoms with Crippen molar-refractivity contribution >= 4 is 5.71 Å². The minimum atomic E-state index is 0.964. The SMILES string of the molecule is CC1=NCCNCC1. The van der Waals surface area contributed by atoms with Gasteiger partial charge in [0.05, 0.1) is 6.54 Å². The van der Waals surface area contributed by atoms with E-state index in [0.717, 1.165) is 26.1 Å². The molecule has 8 heavy (non-hydrogen) atoms. The van der Waals surface area contributed by atoms with Crippen LogP contribution in [0, 0.1) is 0 Å². The van der Waals surface area contributed by atoms with Crippen LogP contribution in [0.1, 0.15) is 13.3 Å². The molecule has 0 aromatic carbocycles. The van der Waals surface area contributed by atoms with Crippen molar-refractivity contribution in [1.82, 2.24) is 5.32 Å². The zero-order chi connectivity index (χ0) is 5.82. The molecule has 0 spiro atoms. The lowest BCUT2D eigenvalue weighted by Gasteiger charge is -1.92. The Hall–Kier alpha value is -0.370. The highest BCUT2D eigenvalue weighted by Gasteiger charge is 1.95. The highest BCUT2D eigenvalue weighted by molar-refractivity contribution is 5.82. The van der Waals surface area contributed by atoms with E-state index in [1.807, 2.05) is 0 Å². The Bertz CT molecular complexity index is 96.7. The molecule has 1 aliphatic rings. The summed E-state index contributed by atoms with van der Waals surface area (Å²) in [6.45, 7) is 5.21. The van der Waals surface area contributed by atoms with Gasteiger partial charge in [-0.2, -0.15) is 0 Å². The lowest BCUT2D eigenvalue weighted by atomic mass is 10.3. The monoisotopic (exact) mass is 112 g/mol. The third-order valence-electron chi connectivity index (χ3n) is 1.33. The van der Waals surface area contributed by atoms with Gasteiger partial charge in [0.25, 0.3) is 0 Å². The van der Waals surface area contributed by atoms with Crippen LogP contribution in [-0.4, -0.2) is 25.3 Å². The number of rotatable bonds is 0. The summed E-state index contributed by atoms with van der Waals surface area (Å²) in [6.07, 6.45) is 1.12. The predicted molar refractivity (Wildman–Crippen MR) is 35.5 cm³/mol. The van der Waals surface area contributed by atoms with Crippen molar-refractivity contribution in [2.45, 2.75) is 13.3 Å². The molecule has 1 rings (SSSR count). The molecule has 0 unspecified atom stereocenters. The zero-order valence-electron chi connectivity index (χ0n) is 5.28. The van der Waals surface area contributed by atoms with Crippen molar-refractivity contribution in [3.63, 3.8) is 0 Å². The van der Waals surface area contributed by atoms with E-state index >= 15 is 0 Å². The van der Waals surface area contributed by atoms with Gasteiger partial charge in [-0.15, -0.1) is 0 Å². The van der Waals surface area contributed by atoms with Crippen molar-refractivity contribution in [3.8, 4) is 0 Å². The average molecular weight is 112 g/mol. The molecule has 0 atom stereocenters. The summed E-state index contributed by atoms with van der Waals surface area (Å²) in [6, 6.07) is 0. The molecule has 46 valence electrons. The standard InChI is InChI=1S/C6H12N2/c1-6-2-3-7-4-5-8-6/h7H,2-5H2,1H3. The minimum Gasteiger partial charge on any atom is -0.315 e. The maximum atomic E-state index is 4.28. The maximum absolute atomic E-state index is 4.28. The molecule has 0 fully saturated rings. The van der Waals surface area contributed by atoms with Crippen LogP contribution in [-0.2, 0) is 0 Å². The summed E-state index contributed by atoms with van der Waals surface area (Å²) in [5.41, 5.74) is 1.29. The van der Waals surface area contributed by atoms with Crippen molar-refractivity contribution in [2.75, 3.05) is 19.6 Å². The molecule has 1 heterocycles. The van der Waals surface area contributed by atoms with E-state index in [0.29, 0.717) is 0 Å². The molecule has 0 bridgehead atoms. The van der Waals surface area contributed by atoms with Gasteiger partial charge in [-0.3, -0.25) is 4.99 Å². The van der Waals surface area contributed by atoms with Gasteiger partial charge >= 0.3 is 0 Å². The molecule has 1 aliphatic heterocycles. The van der Waals surface area contributed by atoms with Crippen LogP contribution in [0.2, 0.25) is 0 Å². The van der Waals surface area contributed by atoms with Gasteiger partial charge < -0.3 is 5.32 Å². The maximum Gasteiger partial charge on any atom is 0.0513 e. The fraction of sp³-hybridized carbons (Fsp3) is 0.833. The molecule has 0 radical (unpaired) electrons. The molecule has 2 heteroatoms. The Morgan fingerprint density at radius 2 is 2.38 bits per heavy atom. The van der Waals surface area contributed by atoms with E-state index < -0.39 is 0 Å². The quantitative estimate of drug-likeness (QED) is 0.483. The van der Waals surface area contributed by atoms with Crippen molar-refractivity contribution < 1.29 is 0 Å². The summed E-state index contributed by atoms with van der Waals surface area (Å²) in [5.74, 6) is 0. The third kappa shape index (κ3) is 1.62. The second-order valence-electron chi connectivity index (χ2n) is 2.12. The summed E-state index contributed by atoms with van der Waals surface area (Å²) in [5, 5.41) is 3.26. The summed E-state index contributed by atoms with van der Waals surface area (Å²) < 4.78 is 0. The van der Waals surface area contributed by atoms with Gasteiger partial charge in [0.2, 0.25) is 0 Å². The Balaban J connectivity index is 2.36. The van der Waals surface area contributed by atoms with E-state index in [4.69, 9.17) is 0 Å². The first kappa shape index (κ1) is 5.76. The van der Waals surface area contributed by atoms with Gasteiger partial charge in [-0.25, -0.2) is 0 Å². The van der Waals surface area contributed by atoms with Crippen molar-refractivity contribution in [3.05, 3.63) is 0 Å².